The zero-order valence-electron chi connectivity index (χ0n) is 10.5. The van der Waals surface area contributed by atoms with E-state index in [1.807, 2.05) is 0 Å². The summed E-state index contributed by atoms with van der Waals surface area (Å²) in [4.78, 5) is 9.63. The Hall–Kier alpha value is -1.58. The van der Waals surface area contributed by atoms with Gasteiger partial charge in [0.1, 0.15) is 6.17 Å². The first-order chi connectivity index (χ1) is 9.42. The number of para-hydroxylation sites is 1. The molecule has 1 aromatic carbocycles. The van der Waals surface area contributed by atoms with Gasteiger partial charge in [0.05, 0.1) is 11.0 Å². The van der Waals surface area contributed by atoms with Gasteiger partial charge in [-0.15, -0.1) is 0 Å². The predicted octanol–water partition coefficient (Wildman–Crippen LogP) is 0.573. The van der Waals surface area contributed by atoms with E-state index in [0.717, 1.165) is 12.1 Å². The molecule has 2 N–H and O–H groups in total. The lowest BCUT2D eigenvalue weighted by Gasteiger charge is -2.27. The van der Waals surface area contributed by atoms with Crippen molar-refractivity contribution in [1.29, 1.82) is 0 Å². The number of benzene rings is 1. The Morgan fingerprint density at radius 2 is 2.10 bits per heavy atom. The average Bonchev–Trinajstić information content (AvgIpc) is 2.41. The van der Waals surface area contributed by atoms with Gasteiger partial charge in [-0.1, -0.05) is 12.1 Å². The maximum Gasteiger partial charge on any atom is 0.289 e. The highest BCUT2D eigenvalue weighted by molar-refractivity contribution is 7.89. The molecule has 0 radical (unpaired) electrons. The fourth-order valence-corrected chi connectivity index (χ4v) is 3.52. The van der Waals surface area contributed by atoms with Gasteiger partial charge in [-0.25, -0.2) is 17.5 Å². The summed E-state index contributed by atoms with van der Waals surface area (Å²) in [5, 5.41) is 13.7. The second kappa shape index (κ2) is 5.81. The molecule has 1 aliphatic heterocycles. The minimum atomic E-state index is -4.13. The Labute approximate surface area is 115 Å². The largest absolute Gasteiger partial charge is 0.314 e. The van der Waals surface area contributed by atoms with Crippen LogP contribution in [0.25, 0.3) is 0 Å². The van der Waals surface area contributed by atoms with Crippen molar-refractivity contribution in [1.82, 2.24) is 10.0 Å². The molecule has 2 atom stereocenters. The van der Waals surface area contributed by atoms with Crippen molar-refractivity contribution in [3.8, 4) is 0 Å². The number of rotatable bonds is 4. The Kier molecular flexibility index (Phi) is 4.31. The molecular formula is C11H14FN3O4S. The lowest BCUT2D eigenvalue weighted by molar-refractivity contribution is -0.387. The maximum absolute atomic E-state index is 13.6. The second-order valence-corrected chi connectivity index (χ2v) is 6.14. The molecule has 0 amide bonds. The minimum absolute atomic E-state index is 0.0596. The zero-order chi connectivity index (χ0) is 14.8. The number of hydrogen-bond acceptors (Lipinski definition) is 5. The summed E-state index contributed by atoms with van der Waals surface area (Å²) in [6.45, 7) is 0.550. The van der Waals surface area contributed by atoms with Crippen molar-refractivity contribution in [2.24, 2.45) is 0 Å². The maximum atomic E-state index is 13.6. The van der Waals surface area contributed by atoms with Gasteiger partial charge in [0.15, 0.2) is 4.90 Å². The predicted molar refractivity (Wildman–Crippen MR) is 69.6 cm³/mol. The van der Waals surface area contributed by atoms with Crippen LogP contribution < -0.4 is 10.0 Å². The summed E-state index contributed by atoms with van der Waals surface area (Å²) in [7, 11) is -4.13. The molecule has 1 aromatic rings. The van der Waals surface area contributed by atoms with E-state index >= 15 is 0 Å². The van der Waals surface area contributed by atoms with Crippen LogP contribution in [0.15, 0.2) is 29.2 Å². The Bertz CT molecular complexity index is 607. The summed E-state index contributed by atoms with van der Waals surface area (Å²) in [6, 6.07) is 4.12. The van der Waals surface area contributed by atoms with Crippen LogP contribution in [0.3, 0.4) is 0 Å². The van der Waals surface area contributed by atoms with Crippen molar-refractivity contribution in [3.05, 3.63) is 34.4 Å². The van der Waals surface area contributed by atoms with Crippen molar-refractivity contribution >= 4 is 15.7 Å². The number of alkyl halides is 1. The normalized spacial score (nSPS) is 23.4. The van der Waals surface area contributed by atoms with Gasteiger partial charge in [0, 0.05) is 12.6 Å². The van der Waals surface area contributed by atoms with Gasteiger partial charge in [0.25, 0.3) is 5.69 Å². The van der Waals surface area contributed by atoms with E-state index in [4.69, 9.17) is 0 Å². The van der Waals surface area contributed by atoms with Gasteiger partial charge in [-0.2, -0.15) is 0 Å². The van der Waals surface area contributed by atoms with Gasteiger partial charge >= 0.3 is 0 Å². The molecule has 7 nitrogen and oxygen atoms in total. The van der Waals surface area contributed by atoms with Gasteiger partial charge in [-0.05, 0) is 19.0 Å². The second-order valence-electron chi connectivity index (χ2n) is 4.46. The number of nitro groups is 1. The van der Waals surface area contributed by atoms with Crippen LogP contribution in [0.5, 0.6) is 0 Å². The molecule has 1 heterocycles. The molecule has 1 fully saturated rings. The zero-order valence-corrected chi connectivity index (χ0v) is 11.3. The first-order valence-corrected chi connectivity index (χ1v) is 7.50. The summed E-state index contributed by atoms with van der Waals surface area (Å²) in [5.74, 6) is 0. The van der Waals surface area contributed by atoms with Crippen LogP contribution in [0.2, 0.25) is 0 Å². The van der Waals surface area contributed by atoms with Crippen molar-refractivity contribution in [2.75, 3.05) is 13.1 Å². The molecular weight excluding hydrogens is 289 g/mol. The molecule has 0 saturated carbocycles. The topological polar surface area (TPSA) is 101 Å². The van der Waals surface area contributed by atoms with Crippen molar-refractivity contribution in [3.63, 3.8) is 0 Å². The quantitative estimate of drug-likeness (QED) is 0.625. The van der Waals surface area contributed by atoms with E-state index in [9.17, 15) is 22.9 Å². The molecule has 2 unspecified atom stereocenters. The lowest BCUT2D eigenvalue weighted by atomic mass is 10.1. The summed E-state index contributed by atoms with van der Waals surface area (Å²) < 4.78 is 40.2. The van der Waals surface area contributed by atoms with Crippen LogP contribution in [-0.4, -0.2) is 38.6 Å². The van der Waals surface area contributed by atoms with Crippen LogP contribution in [-0.2, 0) is 10.0 Å². The molecule has 0 spiro atoms. The minimum Gasteiger partial charge on any atom is -0.314 e. The molecule has 0 aromatic heterocycles. The Balaban J connectivity index is 2.29. The number of nitrogens with one attached hydrogen (secondary N) is 2. The number of hydrogen-bond donors (Lipinski definition) is 2. The third kappa shape index (κ3) is 3.11. The summed E-state index contributed by atoms with van der Waals surface area (Å²) in [5.41, 5.74) is -0.524. The molecule has 1 aliphatic rings. The van der Waals surface area contributed by atoms with E-state index in [1.54, 1.807) is 0 Å². The molecule has 110 valence electrons. The number of sulfonamides is 1. The molecule has 0 bridgehead atoms. The first kappa shape index (κ1) is 14.8. The standard InChI is InChI=1S/C11H14FN3O4S/c12-8-7-13-6-5-9(8)14-20(18,19)11-4-2-1-3-10(11)15(16)17/h1-4,8-9,13-14H,5-7H2. The van der Waals surface area contributed by atoms with E-state index < -0.39 is 37.7 Å². The smallest absolute Gasteiger partial charge is 0.289 e. The van der Waals surface area contributed by atoms with Gasteiger partial charge < -0.3 is 5.32 Å². The molecule has 20 heavy (non-hydrogen) atoms. The van der Waals surface area contributed by atoms with Crippen LogP contribution >= 0.6 is 0 Å². The lowest BCUT2D eigenvalue weighted by Crippen LogP contribution is -2.50. The van der Waals surface area contributed by atoms with Gasteiger partial charge in [-0.3, -0.25) is 10.1 Å². The van der Waals surface area contributed by atoms with E-state index in [0.29, 0.717) is 13.0 Å². The highest BCUT2D eigenvalue weighted by Gasteiger charge is 2.32. The van der Waals surface area contributed by atoms with Crippen molar-refractivity contribution < 1.29 is 17.7 Å². The Morgan fingerprint density at radius 3 is 2.75 bits per heavy atom. The highest BCUT2D eigenvalue weighted by Crippen LogP contribution is 2.23. The number of nitrogens with zero attached hydrogens (tertiary/aromatic N) is 1. The van der Waals surface area contributed by atoms with Crippen molar-refractivity contribution in [2.45, 2.75) is 23.5 Å². The summed E-state index contributed by atoms with van der Waals surface area (Å²) >= 11 is 0. The highest BCUT2D eigenvalue weighted by atomic mass is 32.2. The number of piperidine rings is 1. The van der Waals surface area contributed by atoms with E-state index in [1.165, 1.54) is 12.1 Å². The van der Waals surface area contributed by atoms with Crippen LogP contribution in [0, 0.1) is 10.1 Å². The fraction of sp³-hybridized carbons (Fsp3) is 0.455. The van der Waals surface area contributed by atoms with E-state index in [-0.39, 0.29) is 6.54 Å². The molecule has 2 rings (SSSR count). The first-order valence-electron chi connectivity index (χ1n) is 6.02. The third-order valence-corrected chi connectivity index (χ3v) is 4.60. The average molecular weight is 303 g/mol. The summed E-state index contributed by atoms with van der Waals surface area (Å²) in [6.07, 6.45) is -1.07. The fourth-order valence-electron chi connectivity index (χ4n) is 2.05. The van der Waals surface area contributed by atoms with Crippen LogP contribution in [0.4, 0.5) is 10.1 Å². The third-order valence-electron chi connectivity index (χ3n) is 3.07. The number of halogens is 1. The monoisotopic (exact) mass is 303 g/mol. The molecule has 1 saturated heterocycles. The molecule has 0 aliphatic carbocycles. The molecule has 9 heteroatoms. The van der Waals surface area contributed by atoms with E-state index in [2.05, 4.69) is 10.0 Å². The Morgan fingerprint density at radius 1 is 1.40 bits per heavy atom. The van der Waals surface area contributed by atoms with Gasteiger partial charge in [0.2, 0.25) is 10.0 Å². The number of nitro benzene ring substituents is 1. The van der Waals surface area contributed by atoms with Crippen LogP contribution in [0.1, 0.15) is 6.42 Å². The SMILES string of the molecule is O=[N+]([O-])c1ccccc1S(=O)(=O)NC1CCNCC1F.